The molecule has 1 nitrogen and oxygen atoms in total. The number of benzene rings is 9. The highest BCUT2D eigenvalue weighted by Crippen LogP contribution is 2.40. The Kier molecular flexibility index (Phi) is 14.3. The van der Waals surface area contributed by atoms with E-state index in [2.05, 4.69) is 235 Å². The van der Waals surface area contributed by atoms with Crippen LogP contribution in [0.15, 0.2) is 4.42 Å². The van der Waals surface area contributed by atoms with Crippen LogP contribution >= 0.6 is 0 Å². The molecule has 0 aliphatic rings. The molecular weight excluding hydrogens is 917 g/mol. The lowest BCUT2D eigenvalue weighted by atomic mass is 9.54. The molecule has 0 radical (unpaired) electrons. The van der Waals surface area contributed by atoms with Crippen molar-refractivity contribution in [3.8, 4) is 44.5 Å². The van der Waals surface area contributed by atoms with E-state index in [1.165, 1.54) is 251 Å². The van der Waals surface area contributed by atoms with Gasteiger partial charge in [-0.3, -0.25) is 0 Å². The molecular formula is C48H60B30O. The fourth-order valence-electron chi connectivity index (χ4n) is 15.9. The van der Waals surface area contributed by atoms with Crippen molar-refractivity contribution in [3.63, 3.8) is 0 Å². The summed E-state index contributed by atoms with van der Waals surface area (Å²) < 4.78 is 7.29. The van der Waals surface area contributed by atoms with E-state index in [0.717, 1.165) is 11.2 Å². The van der Waals surface area contributed by atoms with Gasteiger partial charge in [-0.2, -0.15) is 0 Å². The second kappa shape index (κ2) is 19.6. The number of hydrogen-bond donors (Lipinski definition) is 0. The Balaban J connectivity index is 1.39. The van der Waals surface area contributed by atoms with Crippen molar-refractivity contribution in [3.05, 3.63) is 0 Å². The Morgan fingerprint density at radius 3 is 0.595 bits per heavy atom. The molecule has 10 aromatic rings. The average molecular weight is 977 g/mol. The van der Waals surface area contributed by atoms with E-state index in [9.17, 15) is 0 Å². The van der Waals surface area contributed by atoms with Crippen molar-refractivity contribution in [1.82, 2.24) is 0 Å². The van der Waals surface area contributed by atoms with Crippen LogP contribution in [0.4, 0.5) is 0 Å². The predicted molar refractivity (Wildman–Crippen MR) is 453 cm³/mol. The molecule has 0 amide bonds. The fourth-order valence-corrected chi connectivity index (χ4v) is 15.9. The van der Waals surface area contributed by atoms with E-state index in [0.29, 0.717) is 0 Å². The van der Waals surface area contributed by atoms with Gasteiger partial charge in [0, 0.05) is 10.8 Å². The van der Waals surface area contributed by atoms with Gasteiger partial charge >= 0.3 is 0 Å². The third-order valence-corrected chi connectivity index (χ3v) is 22.7. The van der Waals surface area contributed by atoms with E-state index in [4.69, 9.17) is 4.42 Å². The van der Waals surface area contributed by atoms with E-state index in [1.807, 2.05) is 0 Å². The molecule has 31 heteroatoms. The zero-order valence-electron chi connectivity index (χ0n) is 54.4. The minimum Gasteiger partial charge on any atom is -0.457 e. The first kappa shape index (κ1) is 57.7. The number of fused-ring (bicyclic) bond motifs is 6. The average Bonchev–Trinajstić information content (AvgIpc) is 3.96. The molecule has 0 aliphatic carbocycles. The molecule has 0 N–H and O–H groups in total. The molecule has 0 saturated heterocycles. The van der Waals surface area contributed by atoms with Gasteiger partial charge in [0.1, 0.15) is 247 Å². The maximum atomic E-state index is 7.29. The maximum Gasteiger partial charge on any atom is 0.145 e. The van der Waals surface area contributed by atoms with Crippen molar-refractivity contribution in [2.75, 3.05) is 0 Å². The molecule has 0 fully saturated rings. The largest absolute Gasteiger partial charge is 0.457 e. The molecule has 10 rings (SSSR count). The van der Waals surface area contributed by atoms with Crippen LogP contribution in [-0.4, -0.2) is 235 Å². The van der Waals surface area contributed by atoms with Gasteiger partial charge in [-0.05, 0) is 82.3 Å². The monoisotopic (exact) mass is 983 g/mol. The number of furan rings is 1. The van der Waals surface area contributed by atoms with Crippen LogP contribution < -0.4 is 164 Å². The van der Waals surface area contributed by atoms with Crippen LogP contribution in [0.3, 0.4) is 0 Å². The molecule has 1 aromatic heterocycles. The Morgan fingerprint density at radius 2 is 0.291 bits per heavy atom. The highest BCUT2D eigenvalue weighted by molar-refractivity contribution is 6.77. The normalized spacial score (nSPS) is 11.8. The first-order valence-corrected chi connectivity index (χ1v) is 29.4. The second-order valence-corrected chi connectivity index (χ2v) is 25.5. The Labute approximate surface area is 498 Å². The predicted octanol–water partition coefficient (Wildman–Crippen LogP) is -38.5. The van der Waals surface area contributed by atoms with Gasteiger partial charge in [-0.15, -0.1) is 49.2 Å². The van der Waals surface area contributed by atoms with Crippen molar-refractivity contribution in [2.24, 2.45) is 0 Å². The summed E-state index contributed by atoms with van der Waals surface area (Å²) in [5.74, 6) is 0. The molecule has 1 heterocycles. The van der Waals surface area contributed by atoms with Crippen LogP contribution in [0.25, 0.3) is 98.8 Å². The molecule has 0 saturated carbocycles. The summed E-state index contributed by atoms with van der Waals surface area (Å²) in [5, 5.41) is 10.8. The fraction of sp³-hybridized carbons (Fsp3) is 0. The van der Waals surface area contributed by atoms with Crippen molar-refractivity contribution in [1.29, 1.82) is 0 Å². The zero-order chi connectivity index (χ0) is 58.4. The summed E-state index contributed by atoms with van der Waals surface area (Å²) in [6, 6.07) is 0. The third kappa shape index (κ3) is 7.52. The van der Waals surface area contributed by atoms with Crippen LogP contribution in [-0.2, 0) is 0 Å². The van der Waals surface area contributed by atoms with Gasteiger partial charge in [0.05, 0.1) is 0 Å². The standard InChI is InChI=1S/C48H60B30O/c49-17-7(35(67)46(78)48-16(17)15-18(50)9-14(36(68)47(15)79-48)34(66)42(74)41(73)31(9)63)1-3-5(21(53)39(71)37(69)19(3)51)2(6-4(1)20(52)38(70)40(72)22(6)54)8-23(55)25(57)10(26(58)24(8)56)11-27(59)29(61)12(30(62)28(11)60)13-32(64)43(75)45(77)44(76)33(13)65/h49-78H2. The third-order valence-electron chi connectivity index (χ3n) is 22.7. The van der Waals surface area contributed by atoms with Gasteiger partial charge in [-0.1, -0.05) is 109 Å². The summed E-state index contributed by atoms with van der Waals surface area (Å²) in [5.41, 5.74) is 54.3. The highest BCUT2D eigenvalue weighted by Gasteiger charge is 2.32. The summed E-state index contributed by atoms with van der Waals surface area (Å²) in [7, 11) is 71.1. The van der Waals surface area contributed by atoms with E-state index in [1.54, 1.807) is 0 Å². The quantitative estimate of drug-likeness (QED) is 0.127. The topological polar surface area (TPSA) is 13.1 Å². The molecule has 348 valence electrons. The Hall–Kier alpha value is -4.49. The second-order valence-electron chi connectivity index (χ2n) is 25.5. The highest BCUT2D eigenvalue weighted by atomic mass is 16.3. The molecule has 0 bridgehead atoms. The lowest BCUT2D eigenvalue weighted by Crippen LogP contribution is -2.57. The maximum absolute atomic E-state index is 7.29. The van der Waals surface area contributed by atoms with Crippen LogP contribution in [0.2, 0.25) is 0 Å². The van der Waals surface area contributed by atoms with Gasteiger partial charge in [-0.25, -0.2) is 0 Å². The molecule has 0 spiro atoms. The van der Waals surface area contributed by atoms with Crippen LogP contribution in [0.1, 0.15) is 0 Å². The molecule has 0 unspecified atom stereocenters. The molecule has 79 heavy (non-hydrogen) atoms. The Bertz CT molecular complexity index is 4430. The van der Waals surface area contributed by atoms with E-state index < -0.39 is 0 Å². The van der Waals surface area contributed by atoms with Gasteiger partial charge < -0.3 is 4.42 Å². The lowest BCUT2D eigenvalue weighted by molar-refractivity contribution is 0.675. The first-order valence-electron chi connectivity index (χ1n) is 29.4. The minimum absolute atomic E-state index is 1.03. The Morgan fingerprint density at radius 1 is 0.114 bits per heavy atom. The zero-order valence-corrected chi connectivity index (χ0v) is 54.4. The van der Waals surface area contributed by atoms with Crippen molar-refractivity contribution < 1.29 is 4.42 Å². The van der Waals surface area contributed by atoms with Crippen LogP contribution in [0, 0.1) is 0 Å². The van der Waals surface area contributed by atoms with E-state index >= 15 is 0 Å². The van der Waals surface area contributed by atoms with E-state index in [-0.39, 0.29) is 0 Å². The first-order chi connectivity index (χ1) is 36.8. The molecule has 0 aliphatic heterocycles. The minimum atomic E-state index is 1.03. The summed E-state index contributed by atoms with van der Waals surface area (Å²) >= 11 is 0. The van der Waals surface area contributed by atoms with Crippen molar-refractivity contribution in [2.45, 2.75) is 0 Å². The summed E-state index contributed by atoms with van der Waals surface area (Å²) in [4.78, 5) is 0. The molecule has 9 aromatic carbocycles. The SMILES string of the molecule is Bc1c(B)c(B)c(-c2c(B)c(B)c(-c3c(B)c(B)c(-c4c5c(B)c(B)c(B)c(B)c5c(-c5c(B)c(B)c6oc7c(B)c8c(B)c(B)c(B)c(B)c8c(B)c7c6c5B)c5c(B)c(B)c(B)c(B)c45)c(B)c3B)c(B)c2B)c(B)c1B. The van der Waals surface area contributed by atoms with Gasteiger partial charge in [0.15, 0.2) is 0 Å². The van der Waals surface area contributed by atoms with Gasteiger partial charge in [0.25, 0.3) is 0 Å². The summed E-state index contributed by atoms with van der Waals surface area (Å²) in [6.07, 6.45) is 0. The van der Waals surface area contributed by atoms with Crippen molar-refractivity contribution >= 4 is 454 Å². The number of hydrogen-bond acceptors (Lipinski definition) is 1. The lowest BCUT2D eigenvalue weighted by Gasteiger charge is -2.32. The van der Waals surface area contributed by atoms with Gasteiger partial charge in [0.2, 0.25) is 0 Å². The summed E-state index contributed by atoms with van der Waals surface area (Å²) in [6.45, 7) is 0. The molecule has 0 atom stereocenters. The smallest absolute Gasteiger partial charge is 0.145 e. The van der Waals surface area contributed by atoms with Crippen LogP contribution in [0.5, 0.6) is 0 Å². The number of rotatable bonds is 4.